The summed E-state index contributed by atoms with van der Waals surface area (Å²) in [6.45, 7) is 0.432. The minimum absolute atomic E-state index is 0.0988. The van der Waals surface area contributed by atoms with Crippen LogP contribution in [0.2, 0.25) is 0 Å². The Morgan fingerprint density at radius 1 is 1.00 bits per heavy atom. The lowest BCUT2D eigenvalue weighted by molar-refractivity contribution is 0.0697. The van der Waals surface area contributed by atoms with E-state index in [1.807, 2.05) is 6.07 Å². The van der Waals surface area contributed by atoms with E-state index < -0.39 is 5.97 Å². The van der Waals surface area contributed by atoms with Gasteiger partial charge in [0.15, 0.2) is 0 Å². The Kier molecular flexibility index (Phi) is 5.30. The Balaban J connectivity index is 1.54. The van der Waals surface area contributed by atoms with Gasteiger partial charge in [0.1, 0.15) is 18.2 Å². The second-order valence-electron chi connectivity index (χ2n) is 6.88. The van der Waals surface area contributed by atoms with E-state index in [1.54, 1.807) is 59.3 Å². The molecule has 0 aliphatic rings. The number of carbonyl (C=O) groups is 1. The van der Waals surface area contributed by atoms with E-state index in [0.717, 1.165) is 10.9 Å². The molecule has 1 heterocycles. The Hall–Kier alpha value is -3.93. The number of fused-ring (bicyclic) bond motifs is 1. The molecule has 0 saturated heterocycles. The largest absolute Gasteiger partial charge is 0.489 e. The number of hydrogen-bond acceptors (Lipinski definition) is 3. The normalized spacial score (nSPS) is 10.8. The van der Waals surface area contributed by atoms with Crippen LogP contribution in [0.1, 0.15) is 21.5 Å². The molecule has 30 heavy (non-hydrogen) atoms. The SMILES string of the molecule is O=C(O)c1ccc(Cn2ccc3cc(OCc4ccccc4F)ccc3c2=O)cc1. The summed E-state index contributed by atoms with van der Waals surface area (Å²) >= 11 is 0. The summed E-state index contributed by atoms with van der Waals surface area (Å²) in [5, 5.41) is 10.2. The number of aromatic nitrogens is 1. The zero-order chi connectivity index (χ0) is 21.1. The van der Waals surface area contributed by atoms with Crippen molar-refractivity contribution in [3.8, 4) is 5.75 Å². The smallest absolute Gasteiger partial charge is 0.335 e. The molecule has 0 unspecified atom stereocenters. The Labute approximate surface area is 171 Å². The van der Waals surface area contributed by atoms with Crippen molar-refractivity contribution in [3.63, 3.8) is 0 Å². The van der Waals surface area contributed by atoms with Crippen LogP contribution >= 0.6 is 0 Å². The first-order valence-corrected chi connectivity index (χ1v) is 9.33. The van der Waals surface area contributed by atoms with Gasteiger partial charge in [-0.15, -0.1) is 0 Å². The number of rotatable bonds is 6. The zero-order valence-electron chi connectivity index (χ0n) is 15.9. The molecule has 0 amide bonds. The highest BCUT2D eigenvalue weighted by Gasteiger charge is 2.08. The van der Waals surface area contributed by atoms with Gasteiger partial charge in [-0.1, -0.05) is 30.3 Å². The summed E-state index contributed by atoms with van der Waals surface area (Å²) in [7, 11) is 0. The van der Waals surface area contributed by atoms with Gasteiger partial charge in [0.25, 0.3) is 5.56 Å². The van der Waals surface area contributed by atoms with Gasteiger partial charge >= 0.3 is 5.97 Å². The molecular formula is C24H18FNO4. The number of hydrogen-bond donors (Lipinski definition) is 1. The number of nitrogens with zero attached hydrogens (tertiary/aromatic N) is 1. The van der Waals surface area contributed by atoms with Crippen LogP contribution in [-0.4, -0.2) is 15.6 Å². The van der Waals surface area contributed by atoms with E-state index in [9.17, 15) is 14.0 Å². The Morgan fingerprint density at radius 2 is 1.77 bits per heavy atom. The number of ether oxygens (including phenoxy) is 1. The van der Waals surface area contributed by atoms with Crippen molar-refractivity contribution in [1.29, 1.82) is 0 Å². The van der Waals surface area contributed by atoms with Gasteiger partial charge in [0, 0.05) is 17.1 Å². The van der Waals surface area contributed by atoms with E-state index in [1.165, 1.54) is 18.2 Å². The molecule has 0 aliphatic carbocycles. The van der Waals surface area contributed by atoms with Crippen molar-refractivity contribution in [1.82, 2.24) is 4.57 Å². The molecule has 4 rings (SSSR count). The molecular weight excluding hydrogens is 385 g/mol. The predicted octanol–water partition coefficient (Wildman–Crippen LogP) is 4.47. The first-order valence-electron chi connectivity index (χ1n) is 9.33. The lowest BCUT2D eigenvalue weighted by Gasteiger charge is -2.10. The molecule has 150 valence electrons. The fourth-order valence-corrected chi connectivity index (χ4v) is 3.21. The van der Waals surface area contributed by atoms with Gasteiger partial charge in [0.05, 0.1) is 12.1 Å². The number of aromatic carboxylic acids is 1. The molecule has 0 fully saturated rings. The highest BCUT2D eigenvalue weighted by Crippen LogP contribution is 2.20. The van der Waals surface area contributed by atoms with E-state index in [0.29, 0.717) is 23.2 Å². The third-order valence-electron chi connectivity index (χ3n) is 4.85. The summed E-state index contributed by atoms with van der Waals surface area (Å²) in [6, 6.07) is 19.8. The van der Waals surface area contributed by atoms with Crippen LogP contribution in [0, 0.1) is 5.82 Å². The van der Waals surface area contributed by atoms with Gasteiger partial charge in [0.2, 0.25) is 0 Å². The summed E-state index contributed by atoms with van der Waals surface area (Å²) < 4.78 is 21.0. The molecule has 4 aromatic rings. The average molecular weight is 403 g/mol. The standard InChI is InChI=1S/C24H18FNO4/c25-22-4-2-1-3-19(22)15-30-20-9-10-21-18(13-20)11-12-26(23(21)27)14-16-5-7-17(8-6-16)24(28)29/h1-13H,14-15H2,(H,28,29). The lowest BCUT2D eigenvalue weighted by atomic mass is 10.1. The minimum Gasteiger partial charge on any atom is -0.489 e. The van der Waals surface area contributed by atoms with E-state index in [-0.39, 0.29) is 23.5 Å². The maximum atomic E-state index is 13.7. The van der Waals surface area contributed by atoms with Crippen molar-refractivity contribution in [2.24, 2.45) is 0 Å². The molecule has 0 saturated carbocycles. The van der Waals surface area contributed by atoms with Gasteiger partial charge in [-0.25, -0.2) is 9.18 Å². The topological polar surface area (TPSA) is 68.5 Å². The molecule has 3 aromatic carbocycles. The number of carboxylic acid groups (broad SMARTS) is 1. The fraction of sp³-hybridized carbons (Fsp3) is 0.0833. The van der Waals surface area contributed by atoms with E-state index >= 15 is 0 Å². The van der Waals surface area contributed by atoms with Gasteiger partial charge < -0.3 is 14.4 Å². The third kappa shape index (κ3) is 4.07. The second kappa shape index (κ2) is 8.21. The van der Waals surface area contributed by atoms with Crippen molar-refractivity contribution in [2.45, 2.75) is 13.2 Å². The predicted molar refractivity (Wildman–Crippen MR) is 111 cm³/mol. The number of benzene rings is 3. The zero-order valence-corrected chi connectivity index (χ0v) is 15.9. The average Bonchev–Trinajstić information content (AvgIpc) is 2.75. The van der Waals surface area contributed by atoms with Gasteiger partial charge in [-0.05, 0) is 53.4 Å². The Morgan fingerprint density at radius 3 is 2.50 bits per heavy atom. The third-order valence-corrected chi connectivity index (χ3v) is 4.85. The van der Waals surface area contributed by atoms with Gasteiger partial charge in [-0.2, -0.15) is 0 Å². The van der Waals surface area contributed by atoms with E-state index in [4.69, 9.17) is 9.84 Å². The summed E-state index contributed by atoms with van der Waals surface area (Å²) in [4.78, 5) is 23.8. The number of pyridine rings is 1. The molecule has 5 nitrogen and oxygen atoms in total. The minimum atomic E-state index is -0.988. The summed E-state index contributed by atoms with van der Waals surface area (Å²) in [5.41, 5.74) is 1.33. The second-order valence-corrected chi connectivity index (χ2v) is 6.88. The Bertz CT molecular complexity index is 1280. The first-order chi connectivity index (χ1) is 14.5. The van der Waals surface area contributed by atoms with Crippen LogP contribution in [0.3, 0.4) is 0 Å². The molecule has 0 radical (unpaired) electrons. The van der Waals surface area contributed by atoms with Crippen molar-refractivity contribution in [3.05, 3.63) is 112 Å². The monoisotopic (exact) mass is 403 g/mol. The van der Waals surface area contributed by atoms with Crippen LogP contribution in [-0.2, 0) is 13.2 Å². The van der Waals surface area contributed by atoms with Crippen LogP contribution in [0.4, 0.5) is 4.39 Å². The van der Waals surface area contributed by atoms with Crippen LogP contribution < -0.4 is 10.3 Å². The first kappa shape index (κ1) is 19.4. The fourth-order valence-electron chi connectivity index (χ4n) is 3.21. The van der Waals surface area contributed by atoms with Crippen LogP contribution in [0.5, 0.6) is 5.75 Å². The molecule has 1 aromatic heterocycles. The molecule has 0 bridgehead atoms. The maximum absolute atomic E-state index is 13.7. The van der Waals surface area contributed by atoms with Crippen LogP contribution in [0.25, 0.3) is 10.8 Å². The number of halogens is 1. The highest BCUT2D eigenvalue weighted by molar-refractivity contribution is 5.87. The summed E-state index contributed by atoms with van der Waals surface area (Å²) in [6.07, 6.45) is 1.69. The lowest BCUT2D eigenvalue weighted by Crippen LogP contribution is -2.20. The number of carboxylic acids is 1. The van der Waals surface area contributed by atoms with Crippen molar-refractivity contribution in [2.75, 3.05) is 0 Å². The maximum Gasteiger partial charge on any atom is 0.335 e. The van der Waals surface area contributed by atoms with E-state index in [2.05, 4.69) is 0 Å². The quantitative estimate of drug-likeness (QED) is 0.516. The van der Waals surface area contributed by atoms with Crippen molar-refractivity contribution >= 4 is 16.7 Å². The molecule has 6 heteroatoms. The van der Waals surface area contributed by atoms with Crippen molar-refractivity contribution < 1.29 is 19.0 Å². The molecule has 0 spiro atoms. The molecule has 0 aliphatic heterocycles. The van der Waals surface area contributed by atoms with Gasteiger partial charge in [-0.3, -0.25) is 4.79 Å². The van der Waals surface area contributed by atoms with Crippen LogP contribution in [0.15, 0.2) is 83.8 Å². The molecule has 0 atom stereocenters. The summed E-state index contributed by atoms with van der Waals surface area (Å²) in [5.74, 6) is -0.762. The highest BCUT2D eigenvalue weighted by atomic mass is 19.1. The molecule has 1 N–H and O–H groups in total.